The van der Waals surface area contributed by atoms with Gasteiger partial charge in [-0.2, -0.15) is 0 Å². The predicted octanol–water partition coefficient (Wildman–Crippen LogP) is 7.56. The van der Waals surface area contributed by atoms with Crippen molar-refractivity contribution in [3.05, 3.63) is 126 Å². The monoisotopic (exact) mass is 442 g/mol. The fourth-order valence-corrected chi connectivity index (χ4v) is 3.79. The SMILES string of the molecule is C=C(O)CCCC(C)OC(=C)Cc1cc(Cc2ccccc2)cc(OCc2ccccc2)c1. The van der Waals surface area contributed by atoms with Gasteiger partial charge in [-0.1, -0.05) is 79.9 Å². The van der Waals surface area contributed by atoms with Gasteiger partial charge in [-0.15, -0.1) is 0 Å². The van der Waals surface area contributed by atoms with E-state index >= 15 is 0 Å². The lowest BCUT2D eigenvalue weighted by molar-refractivity contribution is 0.118. The Morgan fingerprint density at radius 3 is 2.15 bits per heavy atom. The van der Waals surface area contributed by atoms with Crippen LogP contribution in [0.5, 0.6) is 5.75 Å². The average molecular weight is 443 g/mol. The van der Waals surface area contributed by atoms with Crippen molar-refractivity contribution in [1.82, 2.24) is 0 Å². The quantitative estimate of drug-likeness (QED) is 0.278. The van der Waals surface area contributed by atoms with Crippen molar-refractivity contribution in [3.63, 3.8) is 0 Å². The number of rotatable bonds is 13. The zero-order valence-corrected chi connectivity index (χ0v) is 19.5. The van der Waals surface area contributed by atoms with Crippen LogP contribution >= 0.6 is 0 Å². The first-order valence-electron chi connectivity index (χ1n) is 11.5. The molecule has 3 heteroatoms. The Kier molecular flexibility index (Phi) is 9.19. The van der Waals surface area contributed by atoms with Gasteiger partial charge in [0, 0.05) is 12.8 Å². The number of aliphatic hydroxyl groups excluding tert-OH is 1. The molecule has 0 aliphatic heterocycles. The number of hydrogen-bond acceptors (Lipinski definition) is 3. The molecule has 0 aromatic heterocycles. The maximum absolute atomic E-state index is 9.25. The largest absolute Gasteiger partial charge is 0.513 e. The van der Waals surface area contributed by atoms with E-state index in [2.05, 4.69) is 67.8 Å². The summed E-state index contributed by atoms with van der Waals surface area (Å²) in [6, 6.07) is 27.0. The van der Waals surface area contributed by atoms with Crippen LogP contribution in [0.2, 0.25) is 0 Å². The minimum Gasteiger partial charge on any atom is -0.513 e. The molecule has 0 saturated heterocycles. The van der Waals surface area contributed by atoms with E-state index in [1.54, 1.807) is 0 Å². The summed E-state index contributed by atoms with van der Waals surface area (Å²) in [6.45, 7) is 10.2. The molecule has 0 radical (unpaired) electrons. The van der Waals surface area contributed by atoms with Gasteiger partial charge >= 0.3 is 0 Å². The van der Waals surface area contributed by atoms with Gasteiger partial charge in [0.1, 0.15) is 12.4 Å². The van der Waals surface area contributed by atoms with Crippen LogP contribution < -0.4 is 4.74 Å². The smallest absolute Gasteiger partial charge is 0.120 e. The predicted molar refractivity (Wildman–Crippen MR) is 135 cm³/mol. The molecule has 0 saturated carbocycles. The highest BCUT2D eigenvalue weighted by atomic mass is 16.5. The molecular formula is C30H34O3. The zero-order chi connectivity index (χ0) is 23.5. The van der Waals surface area contributed by atoms with E-state index in [1.807, 2.05) is 31.2 Å². The minimum absolute atomic E-state index is 0.0400. The summed E-state index contributed by atoms with van der Waals surface area (Å²) in [7, 11) is 0. The maximum atomic E-state index is 9.25. The van der Waals surface area contributed by atoms with Crippen molar-refractivity contribution in [1.29, 1.82) is 0 Å². The molecule has 33 heavy (non-hydrogen) atoms. The first-order valence-corrected chi connectivity index (χ1v) is 11.5. The number of hydrogen-bond donors (Lipinski definition) is 1. The number of ether oxygens (including phenoxy) is 2. The Hall–Kier alpha value is -3.46. The summed E-state index contributed by atoms with van der Waals surface area (Å²) in [6.07, 6.45) is 3.79. The molecule has 0 spiro atoms. The van der Waals surface area contributed by atoms with Gasteiger partial charge in [-0.05, 0) is 60.6 Å². The second kappa shape index (κ2) is 12.5. The van der Waals surface area contributed by atoms with Gasteiger partial charge in [0.2, 0.25) is 0 Å². The van der Waals surface area contributed by atoms with E-state index < -0.39 is 0 Å². The van der Waals surface area contributed by atoms with Gasteiger partial charge in [0.05, 0.1) is 17.6 Å². The molecule has 1 unspecified atom stereocenters. The van der Waals surface area contributed by atoms with Gasteiger partial charge in [0.15, 0.2) is 0 Å². The lowest BCUT2D eigenvalue weighted by atomic mass is 10.0. The van der Waals surface area contributed by atoms with Crippen molar-refractivity contribution in [2.24, 2.45) is 0 Å². The fourth-order valence-electron chi connectivity index (χ4n) is 3.79. The molecule has 3 nitrogen and oxygen atoms in total. The summed E-state index contributed by atoms with van der Waals surface area (Å²) in [5.41, 5.74) is 4.72. The third-order valence-electron chi connectivity index (χ3n) is 5.37. The highest BCUT2D eigenvalue weighted by Gasteiger charge is 2.09. The molecule has 172 valence electrons. The molecule has 0 fully saturated rings. The molecule has 3 rings (SSSR count). The van der Waals surface area contributed by atoms with E-state index in [4.69, 9.17) is 9.47 Å². The second-order valence-corrected chi connectivity index (χ2v) is 8.52. The van der Waals surface area contributed by atoms with E-state index in [1.165, 1.54) is 11.1 Å². The molecule has 1 atom stereocenters. The Morgan fingerprint density at radius 1 is 0.848 bits per heavy atom. The summed E-state index contributed by atoms with van der Waals surface area (Å²) >= 11 is 0. The maximum Gasteiger partial charge on any atom is 0.120 e. The van der Waals surface area contributed by atoms with E-state index in [-0.39, 0.29) is 11.9 Å². The third kappa shape index (κ3) is 8.89. The Labute approximate surface area is 198 Å². The Bertz CT molecular complexity index is 1020. The van der Waals surface area contributed by atoms with Gasteiger partial charge in [-0.3, -0.25) is 0 Å². The van der Waals surface area contributed by atoms with Crippen LogP contribution in [0.3, 0.4) is 0 Å². The third-order valence-corrected chi connectivity index (χ3v) is 5.37. The molecule has 0 bridgehead atoms. The average Bonchev–Trinajstić information content (AvgIpc) is 2.78. The van der Waals surface area contributed by atoms with E-state index in [0.29, 0.717) is 19.4 Å². The molecular weight excluding hydrogens is 408 g/mol. The summed E-state index contributed by atoms with van der Waals surface area (Å²) in [4.78, 5) is 0. The molecule has 0 aliphatic carbocycles. The lowest BCUT2D eigenvalue weighted by Gasteiger charge is -2.17. The van der Waals surface area contributed by atoms with Crippen LogP contribution in [0.1, 0.15) is 48.4 Å². The molecule has 0 heterocycles. The molecule has 1 N–H and O–H groups in total. The summed E-state index contributed by atoms with van der Waals surface area (Å²) in [5, 5.41) is 9.25. The number of benzene rings is 3. The number of allylic oxidation sites excluding steroid dienone is 2. The zero-order valence-electron chi connectivity index (χ0n) is 19.5. The molecule has 3 aromatic carbocycles. The normalized spacial score (nSPS) is 11.5. The van der Waals surface area contributed by atoms with Crippen LogP contribution in [-0.4, -0.2) is 11.2 Å². The van der Waals surface area contributed by atoms with Gasteiger partial charge in [-0.25, -0.2) is 0 Å². The van der Waals surface area contributed by atoms with E-state index in [9.17, 15) is 5.11 Å². The van der Waals surface area contributed by atoms with Crippen LogP contribution in [-0.2, 0) is 24.2 Å². The highest BCUT2D eigenvalue weighted by molar-refractivity contribution is 5.38. The minimum atomic E-state index is 0.0400. The van der Waals surface area contributed by atoms with Crippen molar-refractivity contribution in [2.75, 3.05) is 0 Å². The Morgan fingerprint density at radius 2 is 1.48 bits per heavy atom. The number of aliphatic hydroxyl groups is 1. The van der Waals surface area contributed by atoms with Gasteiger partial charge in [0.25, 0.3) is 0 Å². The van der Waals surface area contributed by atoms with Crippen molar-refractivity contribution < 1.29 is 14.6 Å². The first-order chi connectivity index (χ1) is 16.0. The summed E-state index contributed by atoms with van der Waals surface area (Å²) < 4.78 is 12.2. The van der Waals surface area contributed by atoms with E-state index in [0.717, 1.165) is 41.9 Å². The molecule has 3 aromatic rings. The van der Waals surface area contributed by atoms with Gasteiger partial charge < -0.3 is 14.6 Å². The first kappa shape index (κ1) is 24.2. The Balaban J connectivity index is 1.68. The second-order valence-electron chi connectivity index (χ2n) is 8.52. The van der Waals surface area contributed by atoms with Crippen molar-refractivity contribution in [2.45, 2.75) is 51.7 Å². The van der Waals surface area contributed by atoms with Crippen LogP contribution in [0.15, 0.2) is 104 Å². The van der Waals surface area contributed by atoms with Crippen LogP contribution in [0, 0.1) is 0 Å². The fraction of sp³-hybridized carbons (Fsp3) is 0.267. The highest BCUT2D eigenvalue weighted by Crippen LogP contribution is 2.24. The molecule has 0 aliphatic rings. The standard InChI is InChI=1S/C30H34O3/c1-23(31)11-10-12-24(2)33-25(3)17-28-19-29(18-26-13-6-4-7-14-26)21-30(20-28)32-22-27-15-8-5-9-16-27/h4-9,13-16,19-21,24,31H,1,3,10-12,17-18,22H2,2H3. The topological polar surface area (TPSA) is 38.7 Å². The summed E-state index contributed by atoms with van der Waals surface area (Å²) in [5.74, 6) is 1.81. The van der Waals surface area contributed by atoms with Crippen LogP contribution in [0.4, 0.5) is 0 Å². The van der Waals surface area contributed by atoms with Crippen molar-refractivity contribution >= 4 is 0 Å². The lowest BCUT2D eigenvalue weighted by Crippen LogP contribution is -2.09. The van der Waals surface area contributed by atoms with Crippen molar-refractivity contribution in [3.8, 4) is 5.75 Å². The van der Waals surface area contributed by atoms with Crippen LogP contribution in [0.25, 0.3) is 0 Å². The molecule has 0 amide bonds.